The van der Waals surface area contributed by atoms with Crippen molar-refractivity contribution < 1.29 is 0 Å². The largest absolute Gasteiger partial charge is 0.317 e. The van der Waals surface area contributed by atoms with Gasteiger partial charge in [-0.1, -0.05) is 39.5 Å². The molecule has 1 rings (SSSR count). The molecule has 1 saturated carbocycles. The summed E-state index contributed by atoms with van der Waals surface area (Å²) in [6.07, 6.45) is 5.69. The lowest BCUT2D eigenvalue weighted by molar-refractivity contribution is 0.198. The van der Waals surface area contributed by atoms with Gasteiger partial charge in [-0.25, -0.2) is 0 Å². The van der Waals surface area contributed by atoms with Crippen LogP contribution >= 0.6 is 0 Å². The normalized spacial score (nSPS) is 25.9. The molecular weight excluding hydrogens is 132 g/mol. The van der Waals surface area contributed by atoms with E-state index in [9.17, 15) is 0 Å². The number of hydrogen-bond acceptors (Lipinski definition) is 0. The average molecular weight is 153 g/mol. The molecule has 0 aromatic carbocycles. The van der Waals surface area contributed by atoms with Gasteiger partial charge in [-0.15, -0.1) is 0 Å². The Labute approximate surface area is 71.4 Å². The molecule has 0 radical (unpaired) electrons. The van der Waals surface area contributed by atoms with Gasteiger partial charge < -0.3 is 5.92 Å². The van der Waals surface area contributed by atoms with Crippen LogP contribution in [0.5, 0.6) is 0 Å². The second-order valence-corrected chi connectivity index (χ2v) is 5.02. The van der Waals surface area contributed by atoms with Crippen molar-refractivity contribution in [2.24, 2.45) is 11.3 Å². The predicted octanol–water partition coefficient (Wildman–Crippen LogP) is 3.82. The maximum Gasteiger partial charge on any atom is -0.0356 e. The Morgan fingerprint density at radius 2 is 1.55 bits per heavy atom. The quantitative estimate of drug-likeness (QED) is 0.502. The standard InChI is InChI=1S/C11H21/c1-9(2)10-5-7-11(3,4)8-6-10/h10H,5-8H2,1-4H3/q-1. The third kappa shape index (κ3) is 2.50. The molecule has 0 aromatic rings. The third-order valence-electron chi connectivity index (χ3n) is 3.16. The summed E-state index contributed by atoms with van der Waals surface area (Å²) < 4.78 is 0. The predicted molar refractivity (Wildman–Crippen MR) is 50.3 cm³/mol. The van der Waals surface area contributed by atoms with Crippen LogP contribution in [0.15, 0.2) is 0 Å². The summed E-state index contributed by atoms with van der Waals surface area (Å²) in [4.78, 5) is 0. The monoisotopic (exact) mass is 153 g/mol. The topological polar surface area (TPSA) is 0 Å². The molecule has 0 aromatic heterocycles. The molecule has 0 heterocycles. The number of rotatable bonds is 1. The fourth-order valence-electron chi connectivity index (χ4n) is 1.98. The van der Waals surface area contributed by atoms with Crippen LogP contribution in [-0.2, 0) is 0 Å². The van der Waals surface area contributed by atoms with Gasteiger partial charge in [0.25, 0.3) is 0 Å². The molecule has 11 heavy (non-hydrogen) atoms. The Balaban J connectivity index is 2.36. The summed E-state index contributed by atoms with van der Waals surface area (Å²) in [5.74, 6) is 2.57. The summed E-state index contributed by atoms with van der Waals surface area (Å²) in [6.45, 7) is 9.36. The highest BCUT2D eigenvalue weighted by atomic mass is 14.3. The molecular formula is C11H21-. The van der Waals surface area contributed by atoms with Crippen LogP contribution in [0.3, 0.4) is 0 Å². The van der Waals surface area contributed by atoms with Crippen LogP contribution in [-0.4, -0.2) is 0 Å². The van der Waals surface area contributed by atoms with Gasteiger partial charge in [0.1, 0.15) is 0 Å². The van der Waals surface area contributed by atoms with E-state index < -0.39 is 0 Å². The average Bonchev–Trinajstić information content (AvgIpc) is 1.86. The molecule has 0 atom stereocenters. The first-order valence-electron chi connectivity index (χ1n) is 4.81. The van der Waals surface area contributed by atoms with E-state index in [-0.39, 0.29) is 0 Å². The van der Waals surface area contributed by atoms with Crippen molar-refractivity contribution in [2.45, 2.75) is 53.4 Å². The maximum absolute atomic E-state index is 2.40. The van der Waals surface area contributed by atoms with Crippen molar-refractivity contribution in [3.8, 4) is 0 Å². The maximum atomic E-state index is 2.40. The first kappa shape index (κ1) is 9.09. The molecule has 0 nitrogen and oxygen atoms in total. The zero-order valence-corrected chi connectivity index (χ0v) is 8.41. The smallest absolute Gasteiger partial charge is 0.0356 e. The second-order valence-electron chi connectivity index (χ2n) is 5.02. The first-order valence-corrected chi connectivity index (χ1v) is 4.81. The van der Waals surface area contributed by atoms with Gasteiger partial charge in [0.2, 0.25) is 0 Å². The van der Waals surface area contributed by atoms with Gasteiger partial charge >= 0.3 is 0 Å². The Morgan fingerprint density at radius 1 is 1.09 bits per heavy atom. The second kappa shape index (κ2) is 3.16. The zero-order chi connectivity index (χ0) is 8.48. The zero-order valence-electron chi connectivity index (χ0n) is 8.41. The molecule has 0 amide bonds. The van der Waals surface area contributed by atoms with Crippen molar-refractivity contribution >= 4 is 0 Å². The summed E-state index contributed by atoms with van der Waals surface area (Å²) in [7, 11) is 0. The van der Waals surface area contributed by atoms with Gasteiger partial charge in [-0.05, 0) is 5.41 Å². The van der Waals surface area contributed by atoms with Gasteiger partial charge in [0.05, 0.1) is 0 Å². The molecule has 1 fully saturated rings. The Kier molecular flexibility index (Phi) is 2.61. The molecule has 0 spiro atoms. The van der Waals surface area contributed by atoms with Gasteiger partial charge in [-0.3, -0.25) is 0 Å². The lowest BCUT2D eigenvalue weighted by Gasteiger charge is -2.42. The molecule has 0 unspecified atom stereocenters. The van der Waals surface area contributed by atoms with Gasteiger partial charge in [0, 0.05) is 0 Å². The van der Waals surface area contributed by atoms with Crippen molar-refractivity contribution in [3.63, 3.8) is 0 Å². The van der Waals surface area contributed by atoms with Crippen LogP contribution in [0.1, 0.15) is 53.4 Å². The van der Waals surface area contributed by atoms with Crippen molar-refractivity contribution in [1.82, 2.24) is 0 Å². The molecule has 1 aliphatic rings. The van der Waals surface area contributed by atoms with E-state index in [4.69, 9.17) is 0 Å². The highest BCUT2D eigenvalue weighted by Gasteiger charge is 2.23. The fourth-order valence-corrected chi connectivity index (χ4v) is 1.98. The minimum absolute atomic E-state index is 0.631. The Morgan fingerprint density at radius 3 is 1.91 bits per heavy atom. The van der Waals surface area contributed by atoms with E-state index in [0.29, 0.717) is 5.41 Å². The van der Waals surface area contributed by atoms with Crippen molar-refractivity contribution in [1.29, 1.82) is 0 Å². The first-order chi connectivity index (χ1) is 5.01. The summed E-state index contributed by atoms with van der Waals surface area (Å²) >= 11 is 0. The molecule has 1 aliphatic carbocycles. The minimum atomic E-state index is 0.631. The van der Waals surface area contributed by atoms with E-state index >= 15 is 0 Å². The van der Waals surface area contributed by atoms with Crippen LogP contribution in [0.2, 0.25) is 0 Å². The van der Waals surface area contributed by atoms with Crippen molar-refractivity contribution in [2.75, 3.05) is 0 Å². The van der Waals surface area contributed by atoms with E-state index in [0.717, 1.165) is 5.92 Å². The Bertz CT molecular complexity index is 112. The van der Waals surface area contributed by atoms with Gasteiger partial charge in [-0.2, -0.15) is 19.8 Å². The van der Waals surface area contributed by atoms with Crippen LogP contribution in [0.4, 0.5) is 0 Å². The summed E-state index contributed by atoms with van der Waals surface area (Å²) in [5, 5.41) is 0. The van der Waals surface area contributed by atoms with Crippen molar-refractivity contribution in [3.05, 3.63) is 5.92 Å². The molecule has 0 saturated heterocycles. The highest BCUT2D eigenvalue weighted by molar-refractivity contribution is 4.91. The van der Waals surface area contributed by atoms with Gasteiger partial charge in [0.15, 0.2) is 0 Å². The fraction of sp³-hybridized carbons (Fsp3) is 0.909. The lowest BCUT2D eigenvalue weighted by Crippen LogP contribution is -2.23. The van der Waals surface area contributed by atoms with Crippen LogP contribution < -0.4 is 0 Å². The van der Waals surface area contributed by atoms with E-state index in [1.807, 2.05) is 0 Å². The lowest BCUT2D eigenvalue weighted by atomic mass is 9.70. The Hall–Kier alpha value is 0. The molecule has 0 aliphatic heterocycles. The molecule has 0 N–H and O–H groups in total. The SMILES string of the molecule is C[C-](C)C1CCC(C)(C)CC1. The molecule has 0 heteroatoms. The van der Waals surface area contributed by atoms with E-state index in [1.54, 1.807) is 5.92 Å². The van der Waals surface area contributed by atoms with E-state index in [2.05, 4.69) is 27.7 Å². The van der Waals surface area contributed by atoms with Crippen LogP contribution in [0, 0.1) is 17.3 Å². The summed E-state index contributed by atoms with van der Waals surface area (Å²) in [5.41, 5.74) is 0.631. The van der Waals surface area contributed by atoms with Crippen LogP contribution in [0.25, 0.3) is 0 Å². The summed E-state index contributed by atoms with van der Waals surface area (Å²) in [6, 6.07) is 0. The van der Waals surface area contributed by atoms with E-state index in [1.165, 1.54) is 25.7 Å². The minimum Gasteiger partial charge on any atom is -0.317 e. The molecule has 0 bridgehead atoms. The number of hydrogen-bond donors (Lipinski definition) is 0. The molecule has 66 valence electrons. The highest BCUT2D eigenvalue weighted by Crippen LogP contribution is 2.40. The third-order valence-corrected chi connectivity index (χ3v) is 3.16.